The van der Waals surface area contributed by atoms with Crippen LogP contribution in [-0.4, -0.2) is 41.8 Å². The molecule has 0 aromatic heterocycles. The summed E-state index contributed by atoms with van der Waals surface area (Å²) in [6, 6.07) is 11.2. The van der Waals surface area contributed by atoms with Crippen LogP contribution in [0.15, 0.2) is 66.7 Å². The van der Waals surface area contributed by atoms with Crippen LogP contribution < -0.4 is 10.2 Å². The lowest BCUT2D eigenvalue weighted by Crippen LogP contribution is -2.50. The summed E-state index contributed by atoms with van der Waals surface area (Å²) in [5, 5.41) is 10.9. The molecular weight excluding hydrogens is 733 g/mol. The molecular formula is C27H17F10IN2O4. The molecule has 6 nitrogen and oxygen atoms in total. The van der Waals surface area contributed by atoms with Gasteiger partial charge < -0.3 is 15.3 Å². The van der Waals surface area contributed by atoms with Gasteiger partial charge in [0.05, 0.1) is 17.7 Å². The van der Waals surface area contributed by atoms with Crippen molar-refractivity contribution in [3.8, 4) is 0 Å². The zero-order valence-electron chi connectivity index (χ0n) is 21.5. The first-order chi connectivity index (χ1) is 20.2. The number of carbonyl (C=O) groups excluding carboxylic acids is 2. The van der Waals surface area contributed by atoms with E-state index in [1.807, 2.05) is 0 Å². The van der Waals surface area contributed by atoms with E-state index in [0.29, 0.717) is 0 Å². The van der Waals surface area contributed by atoms with Crippen LogP contribution in [0.5, 0.6) is 0 Å². The van der Waals surface area contributed by atoms with Crippen molar-refractivity contribution >= 4 is 51.7 Å². The molecule has 3 aromatic carbocycles. The number of nitrogens with zero attached hydrogens (tertiary/aromatic N) is 1. The van der Waals surface area contributed by atoms with Crippen LogP contribution in [-0.2, 0) is 16.6 Å². The van der Waals surface area contributed by atoms with Crippen molar-refractivity contribution < 1.29 is 63.4 Å². The highest BCUT2D eigenvalue weighted by Gasteiger charge is 2.73. The monoisotopic (exact) mass is 750 g/mol. The van der Waals surface area contributed by atoms with Crippen LogP contribution in [0.4, 0.5) is 55.3 Å². The van der Waals surface area contributed by atoms with Gasteiger partial charge in [-0.05, 0) is 65.1 Å². The van der Waals surface area contributed by atoms with Crippen molar-refractivity contribution in [1.82, 2.24) is 0 Å². The molecule has 17 heteroatoms. The highest BCUT2D eigenvalue weighted by atomic mass is 127. The highest BCUT2D eigenvalue weighted by Crippen LogP contribution is 2.54. The Kier molecular flexibility index (Phi) is 9.91. The summed E-state index contributed by atoms with van der Waals surface area (Å²) in [4.78, 5) is 38.3. The van der Waals surface area contributed by atoms with E-state index < -0.39 is 87.0 Å². The van der Waals surface area contributed by atoms with Crippen molar-refractivity contribution in [2.45, 2.75) is 30.6 Å². The summed E-state index contributed by atoms with van der Waals surface area (Å²) in [5.74, 6) is -3.32. The molecule has 0 spiro atoms. The van der Waals surface area contributed by atoms with E-state index in [-0.39, 0.29) is 17.3 Å². The first kappa shape index (κ1) is 34.6. The number of carboxylic acids is 1. The molecule has 0 atom stereocenters. The van der Waals surface area contributed by atoms with Gasteiger partial charge in [-0.15, -0.1) is 0 Å². The predicted molar refractivity (Wildman–Crippen MR) is 144 cm³/mol. The molecule has 3 rings (SSSR count). The van der Waals surface area contributed by atoms with Crippen LogP contribution in [0.3, 0.4) is 0 Å². The van der Waals surface area contributed by atoms with E-state index in [0.717, 1.165) is 39.6 Å². The molecule has 0 heterocycles. The molecule has 44 heavy (non-hydrogen) atoms. The summed E-state index contributed by atoms with van der Waals surface area (Å²) in [6.07, 6.45) is -19.6. The number of hydrogen-bond acceptors (Lipinski definition) is 3. The van der Waals surface area contributed by atoms with Crippen molar-refractivity contribution in [3.63, 3.8) is 0 Å². The van der Waals surface area contributed by atoms with Gasteiger partial charge >= 0.3 is 30.2 Å². The van der Waals surface area contributed by atoms with Gasteiger partial charge in [0.1, 0.15) is 0 Å². The number of benzene rings is 3. The van der Waals surface area contributed by atoms with Crippen LogP contribution in [0, 0.1) is 3.57 Å². The van der Waals surface area contributed by atoms with Gasteiger partial charge in [0.2, 0.25) is 0 Å². The van der Waals surface area contributed by atoms with E-state index in [1.54, 1.807) is 11.4 Å². The number of carboxylic acid groups (broad SMARTS) is 1. The van der Waals surface area contributed by atoms with Crippen molar-refractivity contribution in [2.75, 3.05) is 16.8 Å². The molecule has 0 unspecified atom stereocenters. The van der Waals surface area contributed by atoms with Gasteiger partial charge in [-0.1, -0.05) is 24.3 Å². The second-order valence-electron chi connectivity index (χ2n) is 9.00. The molecule has 0 aliphatic rings. The Bertz CT molecular complexity index is 1540. The predicted octanol–water partition coefficient (Wildman–Crippen LogP) is 7.97. The standard InChI is InChI=1S/C27H17F10IN2O4/c28-24(26(32,33)34,27(35,36)37)16-12-18(25(29,30)31)21(19(38)13-16)39-22(43)15-7-4-8-17(11-15)40(10-9-20(41)42)23(44)14-5-2-1-3-6-14/h1-8,11-13H,9-10H2,(H,39,43)(H,41,42). The SMILES string of the molecule is O=C(O)CCN(C(=O)c1ccccc1)c1cccc(C(=O)Nc2c(I)cc(C(F)(C(F)(F)F)C(F)(F)F)cc2C(F)(F)F)c1. The normalized spacial score (nSPS) is 12.5. The van der Waals surface area contributed by atoms with Crippen molar-refractivity contribution in [2.24, 2.45) is 0 Å². The van der Waals surface area contributed by atoms with Gasteiger partial charge in [0.25, 0.3) is 11.8 Å². The summed E-state index contributed by atoms with van der Waals surface area (Å²) in [6.45, 7) is -0.394. The first-order valence-corrected chi connectivity index (χ1v) is 13.0. The van der Waals surface area contributed by atoms with Gasteiger partial charge in [0.15, 0.2) is 0 Å². The summed E-state index contributed by atoms with van der Waals surface area (Å²) >= 11 is 0.926. The Morgan fingerprint density at radius 3 is 1.86 bits per heavy atom. The van der Waals surface area contributed by atoms with Gasteiger partial charge in [0, 0.05) is 32.5 Å². The summed E-state index contributed by atoms with van der Waals surface area (Å²) < 4.78 is 135. The molecule has 0 saturated carbocycles. The third-order valence-corrected chi connectivity index (χ3v) is 6.90. The Balaban J connectivity index is 2.07. The van der Waals surface area contributed by atoms with Crippen LogP contribution in [0.2, 0.25) is 0 Å². The minimum Gasteiger partial charge on any atom is -0.481 e. The van der Waals surface area contributed by atoms with Gasteiger partial charge in [-0.25, -0.2) is 4.39 Å². The van der Waals surface area contributed by atoms with Crippen molar-refractivity contribution in [3.05, 3.63) is 92.6 Å². The number of rotatable bonds is 8. The number of aliphatic carboxylic acids is 1. The van der Waals surface area contributed by atoms with Crippen LogP contribution >= 0.6 is 22.6 Å². The van der Waals surface area contributed by atoms with E-state index in [2.05, 4.69) is 0 Å². The van der Waals surface area contributed by atoms with Gasteiger partial charge in [-0.2, -0.15) is 39.5 Å². The zero-order valence-corrected chi connectivity index (χ0v) is 23.7. The molecule has 0 saturated heterocycles. The number of carbonyl (C=O) groups is 3. The second-order valence-corrected chi connectivity index (χ2v) is 10.2. The Morgan fingerprint density at radius 1 is 0.773 bits per heavy atom. The lowest BCUT2D eigenvalue weighted by molar-refractivity contribution is -0.348. The maximum atomic E-state index is 14.6. The maximum Gasteiger partial charge on any atom is 0.435 e. The van der Waals surface area contributed by atoms with Crippen LogP contribution in [0.1, 0.15) is 38.3 Å². The third-order valence-electron chi connectivity index (χ3n) is 6.05. The van der Waals surface area contributed by atoms with E-state index in [4.69, 9.17) is 5.11 Å². The molecule has 2 amide bonds. The molecule has 0 aliphatic carbocycles. The summed E-state index contributed by atoms with van der Waals surface area (Å²) in [5.41, 5.74) is -12.4. The largest absolute Gasteiger partial charge is 0.481 e. The smallest absolute Gasteiger partial charge is 0.435 e. The molecule has 0 fully saturated rings. The second kappa shape index (κ2) is 12.6. The first-order valence-electron chi connectivity index (χ1n) is 11.9. The average molecular weight is 750 g/mol. The fraction of sp³-hybridized carbons (Fsp3) is 0.222. The number of halogens is 11. The molecule has 2 N–H and O–H groups in total. The lowest BCUT2D eigenvalue weighted by Gasteiger charge is -2.31. The fourth-order valence-corrected chi connectivity index (χ4v) is 4.70. The number of hydrogen-bond donors (Lipinski definition) is 2. The molecule has 236 valence electrons. The lowest BCUT2D eigenvalue weighted by atomic mass is 9.92. The quantitative estimate of drug-likeness (QED) is 0.181. The van der Waals surface area contributed by atoms with Crippen molar-refractivity contribution in [1.29, 1.82) is 0 Å². The number of anilines is 2. The Hall–Kier alpha value is -3.90. The van der Waals surface area contributed by atoms with E-state index >= 15 is 0 Å². The fourth-order valence-electron chi connectivity index (χ4n) is 3.94. The number of amides is 2. The topological polar surface area (TPSA) is 86.7 Å². The molecule has 0 bridgehead atoms. The summed E-state index contributed by atoms with van der Waals surface area (Å²) in [7, 11) is 0. The Morgan fingerprint density at radius 2 is 1.34 bits per heavy atom. The molecule has 0 aliphatic heterocycles. The van der Waals surface area contributed by atoms with E-state index in [1.165, 1.54) is 36.4 Å². The van der Waals surface area contributed by atoms with E-state index in [9.17, 15) is 58.3 Å². The number of alkyl halides is 10. The van der Waals surface area contributed by atoms with Crippen LogP contribution in [0.25, 0.3) is 0 Å². The average Bonchev–Trinajstić information content (AvgIpc) is 2.92. The minimum absolute atomic E-state index is 0.0635. The van der Waals surface area contributed by atoms with Gasteiger partial charge in [-0.3, -0.25) is 14.4 Å². The molecule has 0 radical (unpaired) electrons. The molecule has 3 aromatic rings. The highest BCUT2D eigenvalue weighted by molar-refractivity contribution is 14.1. The zero-order chi connectivity index (χ0) is 33.3. The number of nitrogens with one attached hydrogen (secondary N) is 1. The maximum absolute atomic E-state index is 14.6. The minimum atomic E-state index is -6.69. The Labute approximate surface area is 254 Å². The third kappa shape index (κ3) is 7.24.